The Balaban J connectivity index is 1.63. The van der Waals surface area contributed by atoms with Gasteiger partial charge in [-0.3, -0.25) is 0 Å². The summed E-state index contributed by atoms with van der Waals surface area (Å²) in [4.78, 5) is 0. The number of rotatable bonds is 5. The third-order valence-electron chi connectivity index (χ3n) is 6.11. The molecule has 1 unspecified atom stereocenters. The van der Waals surface area contributed by atoms with Crippen molar-refractivity contribution in [2.45, 2.75) is 51.4 Å². The van der Waals surface area contributed by atoms with Gasteiger partial charge in [0.2, 0.25) is 0 Å². The maximum atomic E-state index is 15.2. The number of halogens is 4. The molecule has 1 aliphatic carbocycles. The van der Waals surface area contributed by atoms with Crippen LogP contribution in [0.2, 0.25) is 0 Å². The van der Waals surface area contributed by atoms with E-state index in [1.54, 1.807) is 0 Å². The van der Waals surface area contributed by atoms with Crippen LogP contribution in [0.1, 0.15) is 54.4 Å². The molecule has 0 amide bonds. The van der Waals surface area contributed by atoms with Gasteiger partial charge in [-0.2, -0.15) is 0 Å². The van der Waals surface area contributed by atoms with Gasteiger partial charge in [0.25, 0.3) is 0 Å². The van der Waals surface area contributed by atoms with E-state index >= 15 is 4.39 Å². The Hall–Kier alpha value is -2.62. The SMILES string of the molecule is CCCCc1ccc(C2CCc3c(cc(F)c(-c4cccc(F)c4F)c3F)C2)cc1. The lowest BCUT2D eigenvalue weighted by atomic mass is 9.78. The molecule has 0 radical (unpaired) electrons. The van der Waals surface area contributed by atoms with Gasteiger partial charge in [0.05, 0.1) is 5.56 Å². The van der Waals surface area contributed by atoms with Crippen LogP contribution in [-0.2, 0) is 19.3 Å². The first-order chi connectivity index (χ1) is 14.5. The Kier molecular flexibility index (Phi) is 5.94. The topological polar surface area (TPSA) is 0 Å². The molecule has 3 aromatic carbocycles. The molecule has 0 nitrogen and oxygen atoms in total. The van der Waals surface area contributed by atoms with E-state index in [9.17, 15) is 13.2 Å². The minimum Gasteiger partial charge on any atom is -0.206 e. The van der Waals surface area contributed by atoms with Gasteiger partial charge in [-0.25, -0.2) is 17.6 Å². The van der Waals surface area contributed by atoms with Crippen molar-refractivity contribution >= 4 is 0 Å². The molecule has 0 aromatic heterocycles. The lowest BCUT2D eigenvalue weighted by molar-refractivity contribution is 0.504. The van der Waals surface area contributed by atoms with E-state index in [1.165, 1.54) is 29.3 Å². The molecule has 3 aromatic rings. The molecule has 1 aliphatic rings. The Morgan fingerprint density at radius 2 is 1.67 bits per heavy atom. The highest BCUT2D eigenvalue weighted by Crippen LogP contribution is 2.39. The highest BCUT2D eigenvalue weighted by molar-refractivity contribution is 5.68. The average molecular weight is 412 g/mol. The molecule has 4 heteroatoms. The van der Waals surface area contributed by atoms with Crippen molar-refractivity contribution < 1.29 is 17.6 Å². The fourth-order valence-electron chi connectivity index (χ4n) is 4.41. The Bertz CT molecular complexity index is 1050. The number of hydrogen-bond donors (Lipinski definition) is 0. The number of fused-ring (bicyclic) bond motifs is 1. The van der Waals surface area contributed by atoms with Gasteiger partial charge in [0, 0.05) is 5.56 Å². The molecule has 0 bridgehead atoms. The maximum Gasteiger partial charge on any atom is 0.166 e. The minimum absolute atomic E-state index is 0.188. The molecular formula is C26H24F4. The zero-order chi connectivity index (χ0) is 21.3. The van der Waals surface area contributed by atoms with Crippen LogP contribution in [0.25, 0.3) is 11.1 Å². The molecule has 30 heavy (non-hydrogen) atoms. The molecule has 1 atom stereocenters. The summed E-state index contributed by atoms with van der Waals surface area (Å²) < 4.78 is 57.7. The first-order valence-electron chi connectivity index (χ1n) is 10.5. The molecule has 0 fully saturated rings. The van der Waals surface area contributed by atoms with Crippen molar-refractivity contribution in [2.24, 2.45) is 0 Å². The van der Waals surface area contributed by atoms with Gasteiger partial charge < -0.3 is 0 Å². The highest BCUT2D eigenvalue weighted by atomic mass is 19.2. The molecule has 156 valence electrons. The van der Waals surface area contributed by atoms with Gasteiger partial charge in [0.15, 0.2) is 11.6 Å². The predicted octanol–water partition coefficient (Wildman–Crippen LogP) is 7.53. The summed E-state index contributed by atoms with van der Waals surface area (Å²) in [5.74, 6) is -3.79. The minimum atomic E-state index is -1.23. The number of hydrogen-bond acceptors (Lipinski definition) is 0. The zero-order valence-corrected chi connectivity index (χ0v) is 17.0. The summed E-state index contributed by atoms with van der Waals surface area (Å²) >= 11 is 0. The summed E-state index contributed by atoms with van der Waals surface area (Å²) in [7, 11) is 0. The fraction of sp³-hybridized carbons (Fsp3) is 0.308. The van der Waals surface area contributed by atoms with Gasteiger partial charge in [-0.1, -0.05) is 49.7 Å². The fourth-order valence-corrected chi connectivity index (χ4v) is 4.41. The van der Waals surface area contributed by atoms with Gasteiger partial charge in [0.1, 0.15) is 11.6 Å². The summed E-state index contributed by atoms with van der Waals surface area (Å²) in [6.45, 7) is 2.17. The monoisotopic (exact) mass is 412 g/mol. The summed E-state index contributed by atoms with van der Waals surface area (Å²) in [6, 6.07) is 13.2. The molecule has 0 aliphatic heterocycles. The maximum absolute atomic E-state index is 15.2. The van der Waals surface area contributed by atoms with E-state index in [1.807, 2.05) is 0 Å². The summed E-state index contributed by atoms with van der Waals surface area (Å²) in [5, 5.41) is 0. The largest absolute Gasteiger partial charge is 0.206 e. The molecular weight excluding hydrogens is 388 g/mol. The van der Waals surface area contributed by atoms with Crippen LogP contribution >= 0.6 is 0 Å². The van der Waals surface area contributed by atoms with Crippen molar-refractivity contribution in [2.75, 3.05) is 0 Å². The van der Waals surface area contributed by atoms with E-state index in [2.05, 4.69) is 31.2 Å². The van der Waals surface area contributed by atoms with Crippen LogP contribution in [0.15, 0.2) is 48.5 Å². The Morgan fingerprint density at radius 3 is 2.40 bits per heavy atom. The molecule has 0 N–H and O–H groups in total. The first kappa shape index (κ1) is 20.6. The lowest BCUT2D eigenvalue weighted by Crippen LogP contribution is -2.16. The second kappa shape index (κ2) is 8.63. The van der Waals surface area contributed by atoms with Crippen LogP contribution in [0, 0.1) is 23.3 Å². The van der Waals surface area contributed by atoms with Gasteiger partial charge in [-0.15, -0.1) is 0 Å². The first-order valence-corrected chi connectivity index (χ1v) is 10.5. The van der Waals surface area contributed by atoms with E-state index in [4.69, 9.17) is 0 Å². The number of benzene rings is 3. The second-order valence-corrected chi connectivity index (χ2v) is 8.07. The smallest absolute Gasteiger partial charge is 0.166 e. The lowest BCUT2D eigenvalue weighted by Gasteiger charge is -2.26. The van der Waals surface area contributed by atoms with Crippen molar-refractivity contribution in [1.29, 1.82) is 0 Å². The summed E-state index contributed by atoms with van der Waals surface area (Å²) in [6.07, 6.45) is 5.06. The second-order valence-electron chi connectivity index (χ2n) is 8.07. The van der Waals surface area contributed by atoms with Crippen LogP contribution in [-0.4, -0.2) is 0 Å². The summed E-state index contributed by atoms with van der Waals surface area (Å²) in [5.41, 5.74) is 2.63. The van der Waals surface area contributed by atoms with E-state index in [0.717, 1.165) is 31.7 Å². The van der Waals surface area contributed by atoms with Gasteiger partial charge >= 0.3 is 0 Å². The molecule has 0 spiro atoms. The molecule has 4 rings (SSSR count). The quantitative estimate of drug-likeness (QED) is 0.380. The third kappa shape index (κ3) is 3.88. The van der Waals surface area contributed by atoms with Gasteiger partial charge in [-0.05, 0) is 72.4 Å². The van der Waals surface area contributed by atoms with E-state index in [-0.39, 0.29) is 11.5 Å². The van der Waals surface area contributed by atoms with E-state index in [0.29, 0.717) is 24.0 Å². The molecule has 0 saturated heterocycles. The Morgan fingerprint density at radius 1 is 0.900 bits per heavy atom. The van der Waals surface area contributed by atoms with Crippen molar-refractivity contribution in [1.82, 2.24) is 0 Å². The van der Waals surface area contributed by atoms with Crippen molar-refractivity contribution in [3.63, 3.8) is 0 Å². The Labute approximate surface area is 174 Å². The van der Waals surface area contributed by atoms with Crippen LogP contribution in [0.4, 0.5) is 17.6 Å². The zero-order valence-electron chi connectivity index (χ0n) is 17.0. The molecule has 0 saturated carbocycles. The predicted molar refractivity (Wildman–Crippen MR) is 112 cm³/mol. The van der Waals surface area contributed by atoms with Crippen LogP contribution in [0.3, 0.4) is 0 Å². The van der Waals surface area contributed by atoms with Crippen LogP contribution < -0.4 is 0 Å². The van der Waals surface area contributed by atoms with Crippen molar-refractivity contribution in [3.05, 3.63) is 94.1 Å². The van der Waals surface area contributed by atoms with E-state index < -0.39 is 28.8 Å². The molecule has 0 heterocycles. The number of aryl methyl sites for hydroxylation is 1. The van der Waals surface area contributed by atoms with Crippen molar-refractivity contribution in [3.8, 4) is 11.1 Å². The number of unbranched alkanes of at least 4 members (excludes halogenated alkanes) is 1. The standard InChI is InChI=1S/C26H24F4/c1-2-3-5-16-8-10-17(11-9-16)18-12-13-20-19(14-18)15-23(28)24(26(20)30)21-6-4-7-22(27)25(21)29/h4,6-11,15,18H,2-3,5,12-14H2,1H3. The van der Waals surface area contributed by atoms with Crippen LogP contribution in [0.5, 0.6) is 0 Å². The third-order valence-corrected chi connectivity index (χ3v) is 6.11. The normalized spacial score (nSPS) is 15.8. The highest BCUT2D eigenvalue weighted by Gasteiger charge is 2.28. The average Bonchev–Trinajstić information content (AvgIpc) is 2.75.